The van der Waals surface area contributed by atoms with E-state index in [9.17, 15) is 23.1 Å². The van der Waals surface area contributed by atoms with Crippen LogP contribution in [0.5, 0.6) is 0 Å². The van der Waals surface area contributed by atoms with E-state index in [1.54, 1.807) is 24.3 Å². The van der Waals surface area contributed by atoms with E-state index in [0.29, 0.717) is 30.9 Å². The average Bonchev–Trinajstić information content (AvgIpc) is 2.72. The van der Waals surface area contributed by atoms with Crippen LogP contribution in [-0.4, -0.2) is 48.8 Å². The van der Waals surface area contributed by atoms with Crippen LogP contribution in [0.2, 0.25) is 0 Å². The number of amides is 1. The predicted molar refractivity (Wildman–Crippen MR) is 103 cm³/mol. The van der Waals surface area contributed by atoms with Gasteiger partial charge in [-0.05, 0) is 36.2 Å². The second kappa shape index (κ2) is 9.39. The SMILES string of the molecule is O=C(Nc1ccc(C(O)CCN2CCOCC2)cc1)c1ccccc1C(F)(F)F. The molecule has 8 heteroatoms. The maximum absolute atomic E-state index is 13.1. The molecule has 1 heterocycles. The Kier molecular flexibility index (Phi) is 6.89. The molecule has 0 saturated carbocycles. The Hall–Kier alpha value is -2.42. The number of alkyl halides is 3. The number of benzene rings is 2. The number of anilines is 1. The Morgan fingerprint density at radius 1 is 1.10 bits per heavy atom. The summed E-state index contributed by atoms with van der Waals surface area (Å²) in [5.74, 6) is -0.835. The first-order valence-electron chi connectivity index (χ1n) is 9.40. The van der Waals surface area contributed by atoms with Crippen LogP contribution >= 0.6 is 0 Å². The zero-order valence-corrected chi connectivity index (χ0v) is 15.8. The van der Waals surface area contributed by atoms with Crippen LogP contribution in [0.1, 0.15) is 34.0 Å². The molecule has 1 atom stereocenters. The van der Waals surface area contributed by atoms with Crippen LogP contribution in [0.15, 0.2) is 48.5 Å². The van der Waals surface area contributed by atoms with Gasteiger partial charge in [0.05, 0.1) is 30.4 Å². The molecule has 0 bridgehead atoms. The van der Waals surface area contributed by atoms with Gasteiger partial charge in [0.1, 0.15) is 0 Å². The third-order valence-corrected chi connectivity index (χ3v) is 4.85. The topological polar surface area (TPSA) is 61.8 Å². The molecule has 0 aliphatic carbocycles. The van der Waals surface area contributed by atoms with Gasteiger partial charge in [0.2, 0.25) is 0 Å². The van der Waals surface area contributed by atoms with Gasteiger partial charge >= 0.3 is 6.18 Å². The summed E-state index contributed by atoms with van der Waals surface area (Å²) in [6, 6.07) is 11.1. The molecule has 2 N–H and O–H groups in total. The summed E-state index contributed by atoms with van der Waals surface area (Å²) >= 11 is 0. The Balaban J connectivity index is 1.60. The van der Waals surface area contributed by atoms with E-state index < -0.39 is 29.3 Å². The molecule has 0 spiro atoms. The molecule has 0 aromatic heterocycles. The number of aliphatic hydroxyl groups excluding tert-OH is 1. The number of rotatable bonds is 6. The number of morpholine rings is 1. The maximum atomic E-state index is 13.1. The molecule has 3 rings (SSSR count). The molecule has 1 aliphatic rings. The van der Waals surface area contributed by atoms with E-state index >= 15 is 0 Å². The third-order valence-electron chi connectivity index (χ3n) is 4.85. The van der Waals surface area contributed by atoms with Crippen LogP contribution in [0, 0.1) is 0 Å². The molecular formula is C21H23F3N2O3. The van der Waals surface area contributed by atoms with E-state index in [0.717, 1.165) is 31.8 Å². The fourth-order valence-electron chi connectivity index (χ4n) is 3.21. The summed E-state index contributed by atoms with van der Waals surface area (Å²) in [6.45, 7) is 3.83. The van der Waals surface area contributed by atoms with E-state index in [4.69, 9.17) is 4.74 Å². The number of nitrogens with zero attached hydrogens (tertiary/aromatic N) is 1. The minimum Gasteiger partial charge on any atom is -0.388 e. The van der Waals surface area contributed by atoms with E-state index in [2.05, 4.69) is 10.2 Å². The van der Waals surface area contributed by atoms with Gasteiger partial charge in [-0.3, -0.25) is 9.69 Å². The van der Waals surface area contributed by atoms with Crippen LogP contribution < -0.4 is 5.32 Å². The quantitative estimate of drug-likeness (QED) is 0.765. The van der Waals surface area contributed by atoms with Crippen molar-refractivity contribution in [2.75, 3.05) is 38.2 Å². The fraction of sp³-hybridized carbons (Fsp3) is 0.381. The first-order valence-corrected chi connectivity index (χ1v) is 9.40. The molecule has 2 aromatic carbocycles. The number of carbonyl (C=O) groups is 1. The Morgan fingerprint density at radius 2 is 1.76 bits per heavy atom. The lowest BCUT2D eigenvalue weighted by atomic mass is 10.0. The third kappa shape index (κ3) is 5.79. The van der Waals surface area contributed by atoms with Crippen LogP contribution in [0.3, 0.4) is 0 Å². The highest BCUT2D eigenvalue weighted by Crippen LogP contribution is 2.32. The summed E-state index contributed by atoms with van der Waals surface area (Å²) in [5, 5.41) is 12.8. The minimum atomic E-state index is -4.61. The van der Waals surface area contributed by atoms with Gasteiger partial charge in [-0.25, -0.2) is 0 Å². The monoisotopic (exact) mass is 408 g/mol. The number of hydrogen-bond acceptors (Lipinski definition) is 4. The Labute approximate surface area is 167 Å². The predicted octanol–water partition coefficient (Wildman–Crippen LogP) is 3.71. The number of carbonyl (C=O) groups excluding carboxylic acids is 1. The van der Waals surface area contributed by atoms with Crippen molar-refractivity contribution in [3.05, 3.63) is 65.2 Å². The van der Waals surface area contributed by atoms with E-state index in [1.807, 2.05) is 0 Å². The van der Waals surface area contributed by atoms with Crippen LogP contribution in [0.25, 0.3) is 0 Å². The van der Waals surface area contributed by atoms with Gasteiger partial charge < -0.3 is 15.2 Å². The summed E-state index contributed by atoms with van der Waals surface area (Å²) in [7, 11) is 0. The van der Waals surface area contributed by atoms with Gasteiger partial charge in [0.25, 0.3) is 5.91 Å². The minimum absolute atomic E-state index is 0.358. The molecule has 156 valence electrons. The van der Waals surface area contributed by atoms with Crippen molar-refractivity contribution < 1.29 is 27.8 Å². The molecular weight excluding hydrogens is 385 g/mol. The lowest BCUT2D eigenvalue weighted by Gasteiger charge is -2.27. The van der Waals surface area contributed by atoms with Crippen molar-refractivity contribution in [3.8, 4) is 0 Å². The second-order valence-electron chi connectivity index (χ2n) is 6.88. The summed E-state index contributed by atoms with van der Waals surface area (Å²) in [4.78, 5) is 14.5. The second-order valence-corrected chi connectivity index (χ2v) is 6.88. The van der Waals surface area contributed by atoms with Gasteiger partial charge in [0.15, 0.2) is 0 Å². The zero-order chi connectivity index (χ0) is 20.9. The smallest absolute Gasteiger partial charge is 0.388 e. The molecule has 29 heavy (non-hydrogen) atoms. The lowest BCUT2D eigenvalue weighted by molar-refractivity contribution is -0.137. The molecule has 1 aliphatic heterocycles. The highest BCUT2D eigenvalue weighted by Gasteiger charge is 2.34. The van der Waals surface area contributed by atoms with Gasteiger partial charge in [0, 0.05) is 25.3 Å². The summed E-state index contributed by atoms with van der Waals surface area (Å²) < 4.78 is 44.5. The maximum Gasteiger partial charge on any atom is 0.417 e. The van der Waals surface area contributed by atoms with Crippen LogP contribution in [0.4, 0.5) is 18.9 Å². The average molecular weight is 408 g/mol. The highest BCUT2D eigenvalue weighted by molar-refractivity contribution is 6.05. The first-order chi connectivity index (χ1) is 13.8. The standard InChI is InChI=1S/C21H23F3N2O3/c22-21(23,24)18-4-2-1-3-17(18)20(28)25-16-7-5-15(6-8-16)19(27)9-10-26-11-13-29-14-12-26/h1-8,19,27H,9-14H2,(H,25,28). The first kappa shape index (κ1) is 21.3. The van der Waals surface area contributed by atoms with Crippen molar-refractivity contribution in [1.82, 2.24) is 4.90 Å². The highest BCUT2D eigenvalue weighted by atomic mass is 19.4. The van der Waals surface area contributed by atoms with Crippen molar-refractivity contribution in [2.45, 2.75) is 18.7 Å². The number of hydrogen-bond donors (Lipinski definition) is 2. The van der Waals surface area contributed by atoms with Crippen molar-refractivity contribution >= 4 is 11.6 Å². The normalized spacial score (nSPS) is 16.4. The summed E-state index contributed by atoms with van der Waals surface area (Å²) in [6.07, 6.45) is -4.71. The summed E-state index contributed by atoms with van der Waals surface area (Å²) in [5.41, 5.74) is -0.370. The zero-order valence-electron chi connectivity index (χ0n) is 15.8. The lowest BCUT2D eigenvalue weighted by Crippen LogP contribution is -2.37. The number of aliphatic hydroxyl groups is 1. The Morgan fingerprint density at radius 3 is 2.41 bits per heavy atom. The number of nitrogens with one attached hydrogen (secondary N) is 1. The molecule has 2 aromatic rings. The van der Waals surface area contributed by atoms with E-state index in [1.165, 1.54) is 12.1 Å². The molecule has 1 fully saturated rings. The number of ether oxygens (including phenoxy) is 1. The van der Waals surface area contributed by atoms with Crippen molar-refractivity contribution in [3.63, 3.8) is 0 Å². The van der Waals surface area contributed by atoms with Gasteiger partial charge in [-0.15, -0.1) is 0 Å². The largest absolute Gasteiger partial charge is 0.417 e. The molecule has 0 radical (unpaired) electrons. The van der Waals surface area contributed by atoms with E-state index in [-0.39, 0.29) is 0 Å². The van der Waals surface area contributed by atoms with Crippen molar-refractivity contribution in [2.24, 2.45) is 0 Å². The molecule has 1 unspecified atom stereocenters. The fourth-order valence-corrected chi connectivity index (χ4v) is 3.21. The number of halogens is 3. The van der Waals surface area contributed by atoms with Gasteiger partial charge in [-0.1, -0.05) is 24.3 Å². The van der Waals surface area contributed by atoms with Crippen LogP contribution in [-0.2, 0) is 10.9 Å². The van der Waals surface area contributed by atoms with Crippen molar-refractivity contribution in [1.29, 1.82) is 0 Å². The Bertz CT molecular complexity index is 819. The molecule has 1 amide bonds. The molecule has 1 saturated heterocycles. The van der Waals surface area contributed by atoms with Gasteiger partial charge in [-0.2, -0.15) is 13.2 Å². The molecule has 5 nitrogen and oxygen atoms in total.